The number of rotatable bonds is 4. The molecule has 0 saturated heterocycles. The van der Waals surface area contributed by atoms with E-state index in [0.29, 0.717) is 11.5 Å². The molecule has 0 N–H and O–H groups in total. The van der Waals surface area contributed by atoms with Crippen LogP contribution in [0.15, 0.2) is 116 Å². The van der Waals surface area contributed by atoms with Gasteiger partial charge in [0.1, 0.15) is 5.69 Å². The fourth-order valence-corrected chi connectivity index (χ4v) is 8.82. The van der Waals surface area contributed by atoms with E-state index >= 15 is 0 Å². The molecule has 5 heteroatoms. The molecule has 206 valence electrons. The molecule has 0 spiro atoms. The van der Waals surface area contributed by atoms with Crippen molar-refractivity contribution in [2.75, 3.05) is 0 Å². The lowest BCUT2D eigenvalue weighted by Crippen LogP contribution is -2.01. The molecule has 3 nitrogen and oxygen atoms in total. The Bertz CT molecular complexity index is 2660. The molecule has 9 rings (SSSR count). The minimum atomic E-state index is 0.577. The van der Waals surface area contributed by atoms with Gasteiger partial charge in [0.25, 0.3) is 0 Å². The molecule has 0 radical (unpaired) electrons. The van der Waals surface area contributed by atoms with Crippen molar-refractivity contribution >= 4 is 97.0 Å². The molecule has 0 saturated carbocycles. The van der Waals surface area contributed by atoms with E-state index in [1.165, 1.54) is 35.0 Å². The van der Waals surface area contributed by atoms with Gasteiger partial charge in [-0.3, -0.25) is 0 Å². The van der Waals surface area contributed by atoms with E-state index in [4.69, 9.17) is 15.0 Å². The van der Waals surface area contributed by atoms with Gasteiger partial charge in [0.15, 0.2) is 5.82 Å². The van der Waals surface area contributed by atoms with Crippen LogP contribution in [0.2, 0.25) is 0 Å². The van der Waals surface area contributed by atoms with Crippen molar-refractivity contribution in [1.82, 2.24) is 15.0 Å². The minimum absolute atomic E-state index is 0.577. The van der Waals surface area contributed by atoms with Crippen molar-refractivity contribution in [3.63, 3.8) is 0 Å². The number of thiophene rings is 2. The average Bonchev–Trinajstić information content (AvgIpc) is 3.65. The van der Waals surface area contributed by atoms with E-state index in [9.17, 15) is 0 Å². The molecule has 0 atom stereocenters. The highest BCUT2D eigenvalue weighted by atomic mass is 32.1. The summed E-state index contributed by atoms with van der Waals surface area (Å²) in [6.45, 7) is 8.42. The quantitative estimate of drug-likeness (QED) is 0.203. The summed E-state index contributed by atoms with van der Waals surface area (Å²) in [5, 5.41) is 6.92. The van der Waals surface area contributed by atoms with E-state index in [2.05, 4.69) is 110 Å². The summed E-state index contributed by atoms with van der Waals surface area (Å²) in [6.07, 6.45) is 3.77. The molecule has 4 aromatic heterocycles. The summed E-state index contributed by atoms with van der Waals surface area (Å²) in [6, 6.07) is 36.2. The van der Waals surface area contributed by atoms with Crippen molar-refractivity contribution in [2.24, 2.45) is 0 Å². The number of hydrogen-bond acceptors (Lipinski definition) is 5. The summed E-state index contributed by atoms with van der Waals surface area (Å²) in [7, 11) is 0. The zero-order valence-electron chi connectivity index (χ0n) is 23.5. The third-order valence-electron chi connectivity index (χ3n) is 8.46. The maximum Gasteiger partial charge on any atom is 0.179 e. The number of aromatic nitrogens is 3. The van der Waals surface area contributed by atoms with Crippen molar-refractivity contribution < 1.29 is 0 Å². The van der Waals surface area contributed by atoms with Crippen molar-refractivity contribution in [3.8, 4) is 22.8 Å². The second-order valence-electron chi connectivity index (χ2n) is 10.8. The SMILES string of the molecule is C=Cc1c(-c2nc(-c3cccc4c3sc3ccccc34)c3ccccc3n2)nc2c(ccc3sc4ccccc4c32)c1C=C. The largest absolute Gasteiger partial charge is 0.243 e. The number of fused-ring (bicyclic) bond motifs is 9. The lowest BCUT2D eigenvalue weighted by atomic mass is 9.97. The van der Waals surface area contributed by atoms with Gasteiger partial charge in [-0.2, -0.15) is 0 Å². The zero-order valence-corrected chi connectivity index (χ0v) is 25.2. The van der Waals surface area contributed by atoms with Crippen LogP contribution < -0.4 is 0 Å². The third-order valence-corrected chi connectivity index (χ3v) is 10.8. The Morgan fingerprint density at radius 3 is 2.02 bits per heavy atom. The van der Waals surface area contributed by atoms with Crippen LogP contribution >= 0.6 is 22.7 Å². The van der Waals surface area contributed by atoms with E-state index in [-0.39, 0.29) is 0 Å². The first-order valence-corrected chi connectivity index (χ1v) is 16.1. The molecular formula is C39H23N3S2. The Labute approximate surface area is 261 Å². The van der Waals surface area contributed by atoms with Crippen molar-refractivity contribution in [2.45, 2.75) is 0 Å². The van der Waals surface area contributed by atoms with Gasteiger partial charge in [-0.05, 0) is 29.8 Å². The van der Waals surface area contributed by atoms with Gasteiger partial charge in [-0.1, -0.05) is 104 Å². The summed E-state index contributed by atoms with van der Waals surface area (Å²) in [5.41, 5.74) is 6.39. The number of hydrogen-bond donors (Lipinski definition) is 0. The topological polar surface area (TPSA) is 38.7 Å². The van der Waals surface area contributed by atoms with Gasteiger partial charge >= 0.3 is 0 Å². The lowest BCUT2D eigenvalue weighted by molar-refractivity contribution is 1.19. The maximum atomic E-state index is 5.38. The van der Waals surface area contributed by atoms with E-state index < -0.39 is 0 Å². The summed E-state index contributed by atoms with van der Waals surface area (Å²) < 4.78 is 4.93. The van der Waals surface area contributed by atoms with E-state index in [1.807, 2.05) is 29.6 Å². The van der Waals surface area contributed by atoms with Crippen LogP contribution in [-0.4, -0.2) is 15.0 Å². The molecular weight excluding hydrogens is 575 g/mol. The second kappa shape index (κ2) is 9.64. The van der Waals surface area contributed by atoms with Crippen LogP contribution in [0.25, 0.3) is 97.1 Å². The zero-order chi connectivity index (χ0) is 29.4. The normalized spacial score (nSPS) is 11.8. The molecule has 44 heavy (non-hydrogen) atoms. The molecule has 0 amide bonds. The molecule has 0 bridgehead atoms. The summed E-state index contributed by atoms with van der Waals surface area (Å²) in [4.78, 5) is 15.8. The molecule has 5 aromatic carbocycles. The Kier molecular flexibility index (Phi) is 5.54. The summed E-state index contributed by atoms with van der Waals surface area (Å²) >= 11 is 3.60. The molecule has 4 heterocycles. The van der Waals surface area contributed by atoms with E-state index in [0.717, 1.165) is 49.6 Å². The molecule has 0 aliphatic heterocycles. The van der Waals surface area contributed by atoms with Crippen LogP contribution in [0.5, 0.6) is 0 Å². The first kappa shape index (κ1) is 25.3. The van der Waals surface area contributed by atoms with Gasteiger partial charge < -0.3 is 0 Å². The number of nitrogens with zero attached hydrogens (tertiary/aromatic N) is 3. The molecule has 0 aliphatic rings. The smallest absolute Gasteiger partial charge is 0.179 e. The lowest BCUT2D eigenvalue weighted by Gasteiger charge is -2.15. The van der Waals surface area contributed by atoms with Gasteiger partial charge in [0.2, 0.25) is 0 Å². The van der Waals surface area contributed by atoms with E-state index in [1.54, 1.807) is 11.3 Å². The average molecular weight is 598 g/mol. The highest BCUT2D eigenvalue weighted by Crippen LogP contribution is 2.43. The van der Waals surface area contributed by atoms with Gasteiger partial charge in [-0.25, -0.2) is 15.0 Å². The second-order valence-corrected chi connectivity index (χ2v) is 13.0. The Morgan fingerprint density at radius 2 is 1.20 bits per heavy atom. The first-order valence-electron chi connectivity index (χ1n) is 14.4. The monoisotopic (exact) mass is 597 g/mol. The Morgan fingerprint density at radius 1 is 0.500 bits per heavy atom. The number of benzene rings is 5. The van der Waals surface area contributed by atoms with Crippen LogP contribution in [0.4, 0.5) is 0 Å². The Balaban J connectivity index is 1.40. The minimum Gasteiger partial charge on any atom is -0.243 e. The first-order chi connectivity index (χ1) is 21.7. The van der Waals surface area contributed by atoms with Crippen LogP contribution in [0.3, 0.4) is 0 Å². The summed E-state index contributed by atoms with van der Waals surface area (Å²) in [5.74, 6) is 0.577. The highest BCUT2D eigenvalue weighted by molar-refractivity contribution is 7.26. The van der Waals surface area contributed by atoms with Gasteiger partial charge in [0.05, 0.1) is 16.7 Å². The fraction of sp³-hybridized carbons (Fsp3) is 0. The third kappa shape index (κ3) is 3.57. The highest BCUT2D eigenvalue weighted by Gasteiger charge is 2.21. The molecule has 9 aromatic rings. The fourth-order valence-electron chi connectivity index (χ4n) is 6.50. The van der Waals surface area contributed by atoms with Crippen LogP contribution in [0, 0.1) is 0 Å². The standard InChI is InChI=1S/C39H23N3S2/c1-3-22-23(4-2)37(41-36-25(22)20-21-33-34(36)28-14-7-10-19-32(28)43-33)39-40-30-17-8-5-13-27(30)35(42-39)29-16-11-15-26-24-12-6-9-18-31(24)44-38(26)29/h3-21H,1-2H2. The maximum absolute atomic E-state index is 5.38. The molecule has 0 fully saturated rings. The van der Waals surface area contributed by atoms with Crippen molar-refractivity contribution in [3.05, 3.63) is 127 Å². The molecule has 0 unspecified atom stereocenters. The molecule has 0 aliphatic carbocycles. The van der Waals surface area contributed by atoms with Gasteiger partial charge in [0, 0.05) is 62.2 Å². The van der Waals surface area contributed by atoms with Crippen molar-refractivity contribution in [1.29, 1.82) is 0 Å². The van der Waals surface area contributed by atoms with Crippen LogP contribution in [-0.2, 0) is 0 Å². The van der Waals surface area contributed by atoms with Crippen LogP contribution in [0.1, 0.15) is 11.1 Å². The number of pyridine rings is 1. The Hall–Kier alpha value is -5.23. The van der Waals surface area contributed by atoms with Gasteiger partial charge in [-0.15, -0.1) is 22.7 Å². The predicted molar refractivity (Wildman–Crippen MR) is 192 cm³/mol. The number of para-hydroxylation sites is 1. The predicted octanol–water partition coefficient (Wildman–Crippen LogP) is 11.5.